The van der Waals surface area contributed by atoms with Gasteiger partial charge in [0, 0.05) is 23.7 Å². The predicted molar refractivity (Wildman–Crippen MR) is 128 cm³/mol. The van der Waals surface area contributed by atoms with Crippen LogP contribution >= 0.6 is 0 Å². The van der Waals surface area contributed by atoms with E-state index in [2.05, 4.69) is 39.0 Å². The number of nitriles is 1. The summed E-state index contributed by atoms with van der Waals surface area (Å²) in [5, 5.41) is 22.5. The average Bonchev–Trinajstić information content (AvgIpc) is 3.36. The number of aromatic nitrogens is 3. The number of halogens is 1. The number of nitrogens with zero attached hydrogens (tertiary/aromatic N) is 3. The number of hydrogen-bond donors (Lipinski definition) is 3. The Bertz CT molecular complexity index is 1310. The van der Waals surface area contributed by atoms with Crippen molar-refractivity contribution < 1.29 is 14.0 Å². The molecule has 2 amide bonds. The molecule has 1 atom stereocenters. The molecule has 2 heterocycles. The number of para-hydroxylation sites is 1. The van der Waals surface area contributed by atoms with E-state index >= 15 is 0 Å². The van der Waals surface area contributed by atoms with Gasteiger partial charge >= 0.3 is 108 Å². The van der Waals surface area contributed by atoms with E-state index in [0.717, 1.165) is 16.5 Å². The summed E-state index contributed by atoms with van der Waals surface area (Å²) in [6.07, 6.45) is 5.50. The molecule has 3 aromatic rings. The number of fused-ring (bicyclic) bond motifs is 1. The smallest absolute Gasteiger partial charge is 0.270 e. The number of rotatable bonds is 6. The Hall–Kier alpha value is -3.76. The van der Waals surface area contributed by atoms with E-state index in [9.17, 15) is 14.0 Å². The Balaban J connectivity index is 0.000000191. The molecule has 0 bridgehead atoms. The molecule has 1 aromatic carbocycles. The Kier molecular flexibility index (Phi) is 7.64. The zero-order valence-electron chi connectivity index (χ0n) is 18.4. The van der Waals surface area contributed by atoms with Crippen molar-refractivity contribution in [2.45, 2.75) is 31.6 Å². The summed E-state index contributed by atoms with van der Waals surface area (Å²) in [7, 11) is 0. The Morgan fingerprint density at radius 1 is 1.35 bits per heavy atom. The van der Waals surface area contributed by atoms with E-state index in [-0.39, 0.29) is 10.6 Å². The van der Waals surface area contributed by atoms with Crippen molar-refractivity contribution in [1.82, 2.24) is 25.8 Å². The van der Waals surface area contributed by atoms with Crippen molar-refractivity contribution in [3.8, 4) is 6.07 Å². The van der Waals surface area contributed by atoms with Crippen LogP contribution in [0.2, 0.25) is 0 Å². The molecule has 8 nitrogen and oxygen atoms in total. The van der Waals surface area contributed by atoms with Crippen molar-refractivity contribution >= 4 is 50.5 Å². The number of carbonyl (C=O) groups excluding carboxylic acids is 2. The number of carbonyl (C=O) groups is 2. The summed E-state index contributed by atoms with van der Waals surface area (Å²) in [5.41, 5.74) is 4.13. The van der Waals surface area contributed by atoms with Crippen LogP contribution in [0.25, 0.3) is 23.1 Å². The summed E-state index contributed by atoms with van der Waals surface area (Å²) in [6.45, 7) is 9.26. The van der Waals surface area contributed by atoms with Crippen LogP contribution in [0, 0.1) is 18.3 Å². The van der Waals surface area contributed by atoms with Gasteiger partial charge in [-0.1, -0.05) is 18.2 Å². The van der Waals surface area contributed by atoms with Crippen molar-refractivity contribution in [1.29, 1.82) is 5.26 Å². The quantitative estimate of drug-likeness (QED) is 0.336. The van der Waals surface area contributed by atoms with E-state index in [1.54, 1.807) is 35.1 Å². The standard InChI is InChI=1S/C13H13FN2O.C11H9AsN4O/c1-8-3-2-4-9-7-10(15-11(8)9)12(17)16-13(14)5-6-13;1-3-7-6-14-16-10(8(7)4-2)9(5-13)15-11(12)17/h2-4,7,15H,5-6H2,1H3,(H,16,17);3-4,6,9H,1-2H2,(H,15,17). The summed E-state index contributed by atoms with van der Waals surface area (Å²) < 4.78 is 13.1. The van der Waals surface area contributed by atoms with E-state index < -0.39 is 11.8 Å². The maximum absolute atomic E-state index is 13.4. The van der Waals surface area contributed by atoms with Gasteiger partial charge in [0.1, 0.15) is 5.69 Å². The molecule has 3 N–H and O–H groups in total. The van der Waals surface area contributed by atoms with E-state index in [1.165, 1.54) is 6.20 Å². The summed E-state index contributed by atoms with van der Waals surface area (Å²) in [4.78, 5) is 25.8. The fourth-order valence-electron chi connectivity index (χ4n) is 3.24. The molecule has 1 saturated carbocycles. The van der Waals surface area contributed by atoms with E-state index in [1.807, 2.05) is 31.2 Å². The number of aryl methyl sites for hydroxylation is 1. The first-order valence-corrected chi connectivity index (χ1v) is 11.2. The molecule has 4 rings (SSSR count). The van der Waals surface area contributed by atoms with Crippen molar-refractivity contribution in [3.05, 3.63) is 71.7 Å². The zero-order valence-corrected chi connectivity index (χ0v) is 20.3. The second-order valence-corrected chi connectivity index (χ2v) is 8.51. The minimum absolute atomic E-state index is 0.360. The fraction of sp³-hybridized carbons (Fsp3) is 0.208. The van der Waals surface area contributed by atoms with Gasteiger partial charge in [-0.25, -0.2) is 4.39 Å². The van der Waals surface area contributed by atoms with E-state index in [0.29, 0.717) is 35.4 Å². The van der Waals surface area contributed by atoms with Gasteiger partial charge in [-0.3, -0.25) is 4.79 Å². The third kappa shape index (κ3) is 5.77. The van der Waals surface area contributed by atoms with Gasteiger partial charge in [0.2, 0.25) is 0 Å². The second kappa shape index (κ2) is 10.4. The molecule has 1 fully saturated rings. The summed E-state index contributed by atoms with van der Waals surface area (Å²) in [5.74, 6) is -1.84. The number of aromatic amines is 1. The average molecular weight is 520 g/mol. The van der Waals surface area contributed by atoms with Crippen LogP contribution in [0.15, 0.2) is 43.6 Å². The van der Waals surface area contributed by atoms with Crippen LogP contribution in [-0.4, -0.2) is 48.4 Å². The largest absolute Gasteiger partial charge is 0.350 e. The number of H-pyrrole nitrogens is 1. The number of alkyl halides is 1. The fourth-order valence-corrected chi connectivity index (χ4v) is 3.51. The minimum Gasteiger partial charge on any atom is -0.350 e. The Labute approximate surface area is 204 Å². The first-order chi connectivity index (χ1) is 16.2. The number of benzene rings is 1. The molecular formula is C24H22AsFN6O2. The first kappa shape index (κ1) is 24.9. The van der Waals surface area contributed by atoms with Gasteiger partial charge < -0.3 is 10.3 Å². The normalized spacial score (nSPS) is 14.1. The van der Waals surface area contributed by atoms with Crippen LogP contribution in [0.1, 0.15) is 51.8 Å². The maximum Gasteiger partial charge on any atom is 0.270 e. The minimum atomic E-state index is -1.47. The topological polar surface area (TPSA) is 124 Å². The van der Waals surface area contributed by atoms with Crippen molar-refractivity contribution in [3.63, 3.8) is 0 Å². The van der Waals surface area contributed by atoms with Crippen LogP contribution in [-0.2, 0) is 0 Å². The van der Waals surface area contributed by atoms with Gasteiger partial charge in [0.15, 0.2) is 5.79 Å². The molecule has 1 aliphatic carbocycles. The molecule has 2 radical (unpaired) electrons. The molecule has 0 saturated heterocycles. The van der Waals surface area contributed by atoms with Gasteiger partial charge in [0.25, 0.3) is 5.91 Å². The van der Waals surface area contributed by atoms with E-state index in [4.69, 9.17) is 5.26 Å². The molecule has 0 aliphatic heterocycles. The van der Waals surface area contributed by atoms with Gasteiger partial charge in [-0.15, -0.1) is 0 Å². The molecule has 1 aliphatic rings. The molecule has 172 valence electrons. The van der Waals surface area contributed by atoms with Gasteiger partial charge in [-0.05, 0) is 18.6 Å². The maximum atomic E-state index is 13.4. The third-order valence-corrected chi connectivity index (χ3v) is 5.45. The first-order valence-electron chi connectivity index (χ1n) is 10.3. The molecule has 2 aromatic heterocycles. The monoisotopic (exact) mass is 520 g/mol. The number of hydrogen-bond acceptors (Lipinski definition) is 5. The third-order valence-electron chi connectivity index (χ3n) is 5.18. The molecule has 0 spiro atoms. The van der Waals surface area contributed by atoms with Gasteiger partial charge in [0.05, 0.1) is 0 Å². The van der Waals surface area contributed by atoms with Crippen LogP contribution < -0.4 is 10.6 Å². The van der Waals surface area contributed by atoms with Crippen LogP contribution in [0.5, 0.6) is 0 Å². The Morgan fingerprint density at radius 3 is 2.65 bits per heavy atom. The second-order valence-electron chi connectivity index (χ2n) is 7.66. The SMILES string of the molecule is C=Cc1cnnc(C(C#N)NC(=O)[As])c1C=C.Cc1cccc2cc(C(=O)NC3(F)CC3)[nH]c12. The predicted octanol–water partition coefficient (Wildman–Crippen LogP) is 3.87. The zero-order chi connectivity index (χ0) is 24.9. The molecule has 1 unspecified atom stereocenters. The summed E-state index contributed by atoms with van der Waals surface area (Å²) >= 11 is 1.79. The molecule has 10 heteroatoms. The van der Waals surface area contributed by atoms with Gasteiger partial charge in [-0.2, -0.15) is 0 Å². The Morgan fingerprint density at radius 2 is 2.09 bits per heavy atom. The number of nitrogens with one attached hydrogen (secondary N) is 3. The summed E-state index contributed by atoms with van der Waals surface area (Å²) in [6, 6.07) is 8.68. The van der Waals surface area contributed by atoms with Crippen molar-refractivity contribution in [2.24, 2.45) is 0 Å². The van der Waals surface area contributed by atoms with Crippen LogP contribution in [0.4, 0.5) is 9.18 Å². The van der Waals surface area contributed by atoms with Crippen molar-refractivity contribution in [2.75, 3.05) is 0 Å². The molecular weight excluding hydrogens is 498 g/mol. The number of amides is 2. The van der Waals surface area contributed by atoms with Crippen LogP contribution in [0.3, 0.4) is 0 Å². The molecule has 34 heavy (non-hydrogen) atoms.